The van der Waals surface area contributed by atoms with E-state index in [0.717, 1.165) is 10.2 Å². The van der Waals surface area contributed by atoms with E-state index in [1.807, 2.05) is 58.9 Å². The summed E-state index contributed by atoms with van der Waals surface area (Å²) in [5.74, 6) is 2.31. The molecule has 1 fully saturated rings. The summed E-state index contributed by atoms with van der Waals surface area (Å²) < 4.78 is 11.6. The Labute approximate surface area is 236 Å². The van der Waals surface area contributed by atoms with E-state index >= 15 is 0 Å². The minimum atomic E-state index is -0.642. The molecule has 1 aromatic heterocycles. The average Bonchev–Trinajstić information content (AvgIpc) is 3.35. The van der Waals surface area contributed by atoms with E-state index in [4.69, 9.17) is 55.2 Å². The molecule has 38 heavy (non-hydrogen) atoms. The number of carbonyl (C=O) groups is 1. The van der Waals surface area contributed by atoms with Gasteiger partial charge < -0.3 is 9.15 Å². The van der Waals surface area contributed by atoms with Gasteiger partial charge in [-0.1, -0.05) is 79.7 Å². The first-order valence-corrected chi connectivity index (χ1v) is 12.7. The van der Waals surface area contributed by atoms with Gasteiger partial charge in [-0.25, -0.2) is 9.86 Å². The second-order valence-electron chi connectivity index (χ2n) is 10.2. The van der Waals surface area contributed by atoms with Gasteiger partial charge in [-0.2, -0.15) is 4.68 Å². The molecule has 0 saturated carbocycles. The molecule has 2 heterocycles. The first-order valence-electron chi connectivity index (χ1n) is 11.6. The zero-order chi connectivity index (χ0) is 28.3. The van der Waals surface area contributed by atoms with Crippen LogP contribution in [-0.4, -0.2) is 34.0 Å². The third kappa shape index (κ3) is 6.91. The second kappa shape index (κ2) is 11.8. The summed E-state index contributed by atoms with van der Waals surface area (Å²) in [4.78, 5) is 29.3. The van der Waals surface area contributed by atoms with Crippen LogP contribution < -0.4 is 10.5 Å². The number of hydroxylamine groups is 2. The number of ether oxygens (including phenoxy) is 1. The molecule has 11 heteroatoms. The largest absolute Gasteiger partial charge is 0.479 e. The third-order valence-electron chi connectivity index (χ3n) is 5.39. The molecule has 8 nitrogen and oxygen atoms in total. The Morgan fingerprint density at radius 1 is 1.11 bits per heavy atom. The van der Waals surface area contributed by atoms with Gasteiger partial charge >= 0.3 is 5.76 Å². The quantitative estimate of drug-likeness (QED) is 0.340. The summed E-state index contributed by atoms with van der Waals surface area (Å²) in [6.07, 6.45) is 5.15. The van der Waals surface area contributed by atoms with Crippen molar-refractivity contribution >= 4 is 40.7 Å². The van der Waals surface area contributed by atoms with Gasteiger partial charge in [0, 0.05) is 16.5 Å². The molecule has 202 valence electrons. The summed E-state index contributed by atoms with van der Waals surface area (Å²) in [5.41, 5.74) is 0.366. The third-order valence-corrected chi connectivity index (χ3v) is 6.36. The summed E-state index contributed by atoms with van der Waals surface area (Å²) >= 11 is 18.2. The topological polar surface area (TPSA) is 86.8 Å². The van der Waals surface area contributed by atoms with E-state index in [2.05, 4.69) is 11.0 Å². The number of halogens is 3. The zero-order valence-electron chi connectivity index (χ0n) is 21.7. The van der Waals surface area contributed by atoms with E-state index in [1.54, 1.807) is 0 Å². The van der Waals surface area contributed by atoms with Crippen LogP contribution in [0.15, 0.2) is 45.6 Å². The lowest BCUT2D eigenvalue weighted by Gasteiger charge is -2.16. The predicted molar refractivity (Wildman–Crippen MR) is 147 cm³/mol. The Morgan fingerprint density at radius 3 is 2.34 bits per heavy atom. The molecule has 0 bridgehead atoms. The van der Waals surface area contributed by atoms with Crippen LogP contribution in [0.25, 0.3) is 5.69 Å². The Bertz CT molecular complexity index is 1420. The van der Waals surface area contributed by atoms with E-state index < -0.39 is 16.6 Å². The number of rotatable bonds is 5. The number of terminal acetylenes is 1. The highest BCUT2D eigenvalue weighted by atomic mass is 35.5. The SMILES string of the molecule is C#CCOc1cc(-n2nc(C(C)(C)C)oc2=O)c(Cl)cc1Cl.CC1(C)CON(Cc2ccccc2Cl)C1=O. The summed E-state index contributed by atoms with van der Waals surface area (Å²) in [7, 11) is 0. The first-order chi connectivity index (χ1) is 17.7. The van der Waals surface area contributed by atoms with Crippen molar-refractivity contribution in [2.24, 2.45) is 5.41 Å². The molecule has 1 amide bonds. The minimum Gasteiger partial charge on any atom is -0.479 e. The number of amides is 1. The van der Waals surface area contributed by atoms with Gasteiger partial charge in [-0.3, -0.25) is 9.63 Å². The maximum absolute atomic E-state index is 12.0. The van der Waals surface area contributed by atoms with Gasteiger partial charge in [-0.05, 0) is 31.5 Å². The van der Waals surface area contributed by atoms with Crippen molar-refractivity contribution in [1.29, 1.82) is 0 Å². The summed E-state index contributed by atoms with van der Waals surface area (Å²) in [5, 5.41) is 6.76. The van der Waals surface area contributed by atoms with Gasteiger partial charge in [-0.15, -0.1) is 11.5 Å². The minimum absolute atomic E-state index is 0.00687. The number of nitrogens with zero attached hydrogens (tertiary/aromatic N) is 3. The number of hydrogen-bond donors (Lipinski definition) is 0. The lowest BCUT2D eigenvalue weighted by atomic mass is 9.95. The fraction of sp³-hybridized carbons (Fsp3) is 0.370. The highest BCUT2D eigenvalue weighted by Crippen LogP contribution is 2.33. The highest BCUT2D eigenvalue weighted by Gasteiger charge is 2.40. The van der Waals surface area contributed by atoms with Crippen LogP contribution in [0.1, 0.15) is 46.1 Å². The van der Waals surface area contributed by atoms with Gasteiger partial charge in [0.25, 0.3) is 5.91 Å². The van der Waals surface area contributed by atoms with Crippen molar-refractivity contribution in [3.05, 3.63) is 73.5 Å². The van der Waals surface area contributed by atoms with Gasteiger partial charge in [0.2, 0.25) is 5.89 Å². The Balaban J connectivity index is 0.000000221. The monoisotopic (exact) mass is 579 g/mol. The molecule has 0 spiro atoms. The predicted octanol–water partition coefficient (Wildman–Crippen LogP) is 6.08. The fourth-order valence-corrected chi connectivity index (χ4v) is 3.95. The summed E-state index contributed by atoms with van der Waals surface area (Å²) in [6, 6.07) is 10.4. The Kier molecular flexibility index (Phi) is 9.21. The van der Waals surface area contributed by atoms with Crippen molar-refractivity contribution in [2.45, 2.75) is 46.6 Å². The molecule has 0 atom stereocenters. The van der Waals surface area contributed by atoms with E-state index in [-0.39, 0.29) is 22.6 Å². The molecule has 0 radical (unpaired) electrons. The van der Waals surface area contributed by atoms with Gasteiger partial charge in [0.1, 0.15) is 12.4 Å². The van der Waals surface area contributed by atoms with Crippen LogP contribution in [-0.2, 0) is 21.6 Å². The Hall–Kier alpha value is -2.96. The molecule has 3 aromatic rings. The van der Waals surface area contributed by atoms with Gasteiger partial charge in [0.05, 0.1) is 34.3 Å². The van der Waals surface area contributed by atoms with Crippen LogP contribution in [0.4, 0.5) is 0 Å². The average molecular weight is 581 g/mol. The molecule has 4 rings (SSSR count). The molecule has 0 N–H and O–H groups in total. The molecule has 0 aliphatic carbocycles. The summed E-state index contributed by atoms with van der Waals surface area (Å²) in [6.45, 7) is 10.3. The lowest BCUT2D eigenvalue weighted by molar-refractivity contribution is -0.165. The molecule has 0 unspecified atom stereocenters. The molecular weight excluding hydrogens is 553 g/mol. The highest BCUT2D eigenvalue weighted by molar-refractivity contribution is 6.36. The van der Waals surface area contributed by atoms with Crippen LogP contribution in [0.2, 0.25) is 15.1 Å². The number of benzene rings is 2. The Morgan fingerprint density at radius 2 is 1.79 bits per heavy atom. The number of hydrogen-bond acceptors (Lipinski definition) is 6. The molecule has 1 saturated heterocycles. The van der Waals surface area contributed by atoms with Crippen molar-refractivity contribution in [3.63, 3.8) is 0 Å². The number of aromatic nitrogens is 2. The molecular formula is C27H28Cl3N3O5. The fourth-order valence-electron chi connectivity index (χ4n) is 3.24. The van der Waals surface area contributed by atoms with E-state index in [0.29, 0.717) is 35.5 Å². The maximum Gasteiger partial charge on any atom is 0.442 e. The number of carbonyl (C=O) groups excluding carboxylic acids is 1. The molecule has 2 aromatic carbocycles. The lowest BCUT2D eigenvalue weighted by Crippen LogP contribution is -2.30. The van der Waals surface area contributed by atoms with E-state index in [1.165, 1.54) is 17.2 Å². The van der Waals surface area contributed by atoms with Gasteiger partial charge in [0.15, 0.2) is 0 Å². The smallest absolute Gasteiger partial charge is 0.442 e. The van der Waals surface area contributed by atoms with Crippen molar-refractivity contribution < 1.29 is 18.8 Å². The van der Waals surface area contributed by atoms with Crippen molar-refractivity contribution in [3.8, 4) is 23.8 Å². The van der Waals surface area contributed by atoms with Crippen LogP contribution in [0.3, 0.4) is 0 Å². The maximum atomic E-state index is 12.0. The molecule has 1 aliphatic heterocycles. The van der Waals surface area contributed by atoms with Crippen LogP contribution in [0, 0.1) is 17.8 Å². The normalized spacial score (nSPS) is 14.6. The second-order valence-corrected chi connectivity index (χ2v) is 11.4. The van der Waals surface area contributed by atoms with Crippen molar-refractivity contribution in [2.75, 3.05) is 13.2 Å². The molecule has 1 aliphatic rings. The zero-order valence-corrected chi connectivity index (χ0v) is 23.9. The van der Waals surface area contributed by atoms with Crippen LogP contribution >= 0.6 is 34.8 Å². The van der Waals surface area contributed by atoms with Crippen molar-refractivity contribution in [1.82, 2.24) is 14.8 Å². The van der Waals surface area contributed by atoms with Crippen LogP contribution in [0.5, 0.6) is 5.75 Å². The van der Waals surface area contributed by atoms with E-state index in [9.17, 15) is 9.59 Å². The first kappa shape index (κ1) is 29.6. The standard InChI is InChI=1S/C15H14Cl2N2O3.C12H14ClNO2/c1-5-6-21-12-8-11(9(16)7-10(12)17)19-14(20)22-13(18-19)15(2,3)4;1-12(2)8-16-14(11(12)15)7-9-5-3-4-6-10(9)13/h1,7-8H,6H2,2-4H3;3-6H,7-8H2,1-2H3.